The van der Waals surface area contributed by atoms with Gasteiger partial charge in [-0.15, -0.1) is 0 Å². The standard InChI is InChI=1S/C26H32F2N2O2S/c1-18-24(25(33(4,31)32)20-12-21(27)14-22(28)13-20)16-30(18)23-8-6-19(7-9-23)15-29-11-5-10-26(2,3)17-29/h6-9,12-14,18H,5,10-11,15-17H2,1-4H3/b25-24-. The first-order valence-electron chi connectivity index (χ1n) is 11.4. The largest absolute Gasteiger partial charge is 0.361 e. The molecule has 2 aromatic carbocycles. The summed E-state index contributed by atoms with van der Waals surface area (Å²) in [6.45, 7) is 10.1. The van der Waals surface area contributed by atoms with Crippen LogP contribution >= 0.6 is 0 Å². The zero-order chi connectivity index (χ0) is 24.0. The van der Waals surface area contributed by atoms with Crippen molar-refractivity contribution in [3.8, 4) is 0 Å². The van der Waals surface area contributed by atoms with Gasteiger partial charge >= 0.3 is 0 Å². The number of hydrogen-bond acceptors (Lipinski definition) is 4. The van der Waals surface area contributed by atoms with E-state index in [0.29, 0.717) is 17.5 Å². The second kappa shape index (κ2) is 8.84. The number of halogens is 2. The molecule has 0 bridgehead atoms. The summed E-state index contributed by atoms with van der Waals surface area (Å²) in [5.41, 5.74) is 3.36. The van der Waals surface area contributed by atoms with Gasteiger partial charge in [0.2, 0.25) is 0 Å². The van der Waals surface area contributed by atoms with Crippen LogP contribution in [0.4, 0.5) is 14.5 Å². The van der Waals surface area contributed by atoms with Gasteiger partial charge in [0, 0.05) is 37.6 Å². The summed E-state index contributed by atoms with van der Waals surface area (Å²) < 4.78 is 52.6. The van der Waals surface area contributed by atoms with Gasteiger partial charge in [0.1, 0.15) is 11.6 Å². The third kappa shape index (κ3) is 5.30. The molecule has 1 atom stereocenters. The van der Waals surface area contributed by atoms with Gasteiger partial charge in [0.25, 0.3) is 0 Å². The van der Waals surface area contributed by atoms with Crippen LogP contribution in [-0.4, -0.2) is 45.2 Å². The number of likely N-dealkylation sites (tertiary alicyclic amines) is 1. The predicted molar refractivity (Wildman–Crippen MR) is 130 cm³/mol. The highest BCUT2D eigenvalue weighted by Crippen LogP contribution is 2.38. The zero-order valence-corrected chi connectivity index (χ0v) is 20.6. The fraction of sp³-hybridized carbons (Fsp3) is 0.462. The van der Waals surface area contributed by atoms with E-state index >= 15 is 0 Å². The SMILES string of the molecule is CC1/C(=C(/c2cc(F)cc(F)c2)S(C)(=O)=O)CN1c1ccc(CN2CCCC(C)(C)C2)cc1. The Labute approximate surface area is 195 Å². The van der Waals surface area contributed by atoms with Crippen molar-refractivity contribution in [2.75, 3.05) is 30.8 Å². The normalized spacial score (nSPS) is 22.7. The minimum atomic E-state index is -3.67. The van der Waals surface area contributed by atoms with E-state index in [-0.39, 0.29) is 16.5 Å². The van der Waals surface area contributed by atoms with Crippen LogP contribution in [0.15, 0.2) is 48.0 Å². The van der Waals surface area contributed by atoms with Gasteiger partial charge in [-0.2, -0.15) is 0 Å². The Morgan fingerprint density at radius 2 is 1.73 bits per heavy atom. The second-order valence-corrected chi connectivity index (χ2v) is 12.2. The molecule has 1 unspecified atom stereocenters. The molecule has 2 aliphatic heterocycles. The Balaban J connectivity index is 1.52. The smallest absolute Gasteiger partial charge is 0.176 e. The lowest BCUT2D eigenvalue weighted by Crippen LogP contribution is -2.49. The minimum Gasteiger partial charge on any atom is -0.361 e. The molecule has 4 nitrogen and oxygen atoms in total. The highest BCUT2D eigenvalue weighted by atomic mass is 32.2. The fourth-order valence-corrected chi connectivity index (χ4v) is 6.42. The quantitative estimate of drug-likeness (QED) is 0.593. The van der Waals surface area contributed by atoms with Crippen molar-refractivity contribution >= 4 is 20.4 Å². The summed E-state index contributed by atoms with van der Waals surface area (Å²) in [5, 5.41) is 0. The van der Waals surface area contributed by atoms with Gasteiger partial charge in [-0.05, 0) is 72.7 Å². The summed E-state index contributed by atoms with van der Waals surface area (Å²) in [6, 6.07) is 11.1. The topological polar surface area (TPSA) is 40.6 Å². The number of anilines is 1. The second-order valence-electron chi connectivity index (χ2n) is 10.2. The Bertz CT molecular complexity index is 1150. The van der Waals surface area contributed by atoms with Crippen LogP contribution in [0.25, 0.3) is 4.91 Å². The van der Waals surface area contributed by atoms with Crippen molar-refractivity contribution in [3.05, 3.63) is 70.8 Å². The first kappa shape index (κ1) is 23.9. The molecule has 2 heterocycles. The average Bonchev–Trinajstić information content (AvgIpc) is 2.69. The van der Waals surface area contributed by atoms with E-state index in [4.69, 9.17) is 0 Å². The Morgan fingerprint density at radius 1 is 1.09 bits per heavy atom. The number of benzene rings is 2. The molecule has 0 N–H and O–H groups in total. The Morgan fingerprint density at radius 3 is 2.27 bits per heavy atom. The third-order valence-electron chi connectivity index (χ3n) is 6.75. The van der Waals surface area contributed by atoms with E-state index in [1.165, 1.54) is 18.4 Å². The van der Waals surface area contributed by atoms with E-state index in [1.54, 1.807) is 0 Å². The molecule has 2 aliphatic rings. The van der Waals surface area contributed by atoms with E-state index in [2.05, 4.69) is 47.9 Å². The van der Waals surface area contributed by atoms with Crippen molar-refractivity contribution in [3.63, 3.8) is 0 Å². The molecule has 2 fully saturated rings. The van der Waals surface area contributed by atoms with Crippen molar-refractivity contribution in [1.29, 1.82) is 0 Å². The molecular formula is C26H32F2N2O2S. The molecule has 2 aromatic rings. The van der Waals surface area contributed by atoms with E-state index in [1.807, 2.05) is 6.92 Å². The molecular weight excluding hydrogens is 442 g/mol. The fourth-order valence-electron chi connectivity index (χ4n) is 5.16. The highest BCUT2D eigenvalue weighted by molar-refractivity contribution is 8.00. The predicted octanol–water partition coefficient (Wildman–Crippen LogP) is 5.25. The number of hydrogen-bond donors (Lipinski definition) is 0. The van der Waals surface area contributed by atoms with E-state index in [0.717, 1.165) is 49.8 Å². The maximum absolute atomic E-state index is 13.8. The molecule has 0 aromatic heterocycles. The first-order valence-corrected chi connectivity index (χ1v) is 13.3. The van der Waals surface area contributed by atoms with Crippen LogP contribution in [0.2, 0.25) is 0 Å². The lowest BCUT2D eigenvalue weighted by Gasteiger charge is -2.44. The lowest BCUT2D eigenvalue weighted by atomic mass is 9.84. The Hall–Kier alpha value is -2.25. The zero-order valence-electron chi connectivity index (χ0n) is 19.7. The summed E-state index contributed by atoms with van der Waals surface area (Å²) in [5.74, 6) is -1.58. The van der Waals surface area contributed by atoms with Crippen LogP contribution in [-0.2, 0) is 16.4 Å². The molecule has 0 amide bonds. The summed E-state index contributed by atoms with van der Waals surface area (Å²) in [6.07, 6.45) is 3.58. The van der Waals surface area contributed by atoms with E-state index < -0.39 is 21.5 Å². The van der Waals surface area contributed by atoms with Crippen LogP contribution in [0.5, 0.6) is 0 Å². The van der Waals surface area contributed by atoms with Crippen LogP contribution in [0, 0.1) is 17.0 Å². The van der Waals surface area contributed by atoms with Crippen molar-refractivity contribution in [2.45, 2.75) is 46.2 Å². The van der Waals surface area contributed by atoms with Gasteiger partial charge in [-0.25, -0.2) is 17.2 Å². The highest BCUT2D eigenvalue weighted by Gasteiger charge is 2.36. The van der Waals surface area contributed by atoms with Crippen molar-refractivity contribution in [2.24, 2.45) is 5.41 Å². The van der Waals surface area contributed by atoms with Crippen LogP contribution < -0.4 is 4.90 Å². The maximum atomic E-state index is 13.8. The van der Waals surface area contributed by atoms with Gasteiger partial charge in [-0.3, -0.25) is 4.90 Å². The molecule has 4 rings (SSSR count). The van der Waals surface area contributed by atoms with Gasteiger partial charge < -0.3 is 4.90 Å². The monoisotopic (exact) mass is 474 g/mol. The number of nitrogens with zero attached hydrogens (tertiary/aromatic N) is 2. The molecule has 7 heteroatoms. The number of sulfone groups is 1. The van der Waals surface area contributed by atoms with Crippen LogP contribution in [0.1, 0.15) is 44.7 Å². The first-order chi connectivity index (χ1) is 15.4. The minimum absolute atomic E-state index is 0.0222. The van der Waals surface area contributed by atoms with Gasteiger partial charge in [-0.1, -0.05) is 26.0 Å². The molecule has 0 aliphatic carbocycles. The summed E-state index contributed by atoms with van der Waals surface area (Å²) in [7, 11) is -3.67. The molecule has 0 spiro atoms. The van der Waals surface area contributed by atoms with Crippen molar-refractivity contribution in [1.82, 2.24) is 4.90 Å². The number of rotatable bonds is 5. The molecule has 2 saturated heterocycles. The van der Waals surface area contributed by atoms with Gasteiger partial charge in [0.15, 0.2) is 9.84 Å². The average molecular weight is 475 g/mol. The van der Waals surface area contributed by atoms with Crippen LogP contribution in [0.3, 0.4) is 0 Å². The summed E-state index contributed by atoms with van der Waals surface area (Å²) in [4.78, 5) is 4.63. The van der Waals surface area contributed by atoms with Gasteiger partial charge in [0.05, 0.1) is 10.9 Å². The Kier molecular flexibility index (Phi) is 6.40. The molecule has 178 valence electrons. The summed E-state index contributed by atoms with van der Waals surface area (Å²) >= 11 is 0. The molecule has 0 radical (unpaired) electrons. The van der Waals surface area contributed by atoms with Crippen molar-refractivity contribution < 1.29 is 17.2 Å². The molecule has 33 heavy (non-hydrogen) atoms. The third-order valence-corrected chi connectivity index (χ3v) is 7.99. The molecule has 0 saturated carbocycles. The lowest BCUT2D eigenvalue weighted by molar-refractivity contribution is 0.112. The maximum Gasteiger partial charge on any atom is 0.176 e. The van der Waals surface area contributed by atoms with E-state index in [9.17, 15) is 17.2 Å². The number of piperidine rings is 1.